The standard InChI is InChI=1S/C28H22O8/c1-4-25(29)33-22-14-11-19(12-15-22)18-7-9-20(10-8-18)28(36-32)21-13-16-23(34-26(30)5-2)24(17-21)35-27(31)6-3/h4-17,28,32H,1-3H2. The summed E-state index contributed by atoms with van der Waals surface area (Å²) < 4.78 is 15.4. The van der Waals surface area contributed by atoms with Crippen molar-refractivity contribution in [1.29, 1.82) is 0 Å². The average Bonchev–Trinajstić information content (AvgIpc) is 2.91. The first kappa shape index (κ1) is 25.8. The van der Waals surface area contributed by atoms with E-state index in [1.165, 1.54) is 12.1 Å². The van der Waals surface area contributed by atoms with Crippen molar-refractivity contribution in [2.45, 2.75) is 6.10 Å². The van der Waals surface area contributed by atoms with Crippen LogP contribution in [-0.2, 0) is 19.3 Å². The summed E-state index contributed by atoms with van der Waals surface area (Å²) in [7, 11) is 0. The molecule has 0 saturated carbocycles. The smallest absolute Gasteiger partial charge is 0.335 e. The van der Waals surface area contributed by atoms with Crippen molar-refractivity contribution in [2.24, 2.45) is 0 Å². The van der Waals surface area contributed by atoms with Gasteiger partial charge in [0.05, 0.1) is 0 Å². The van der Waals surface area contributed by atoms with Crippen molar-refractivity contribution in [3.05, 3.63) is 116 Å². The normalized spacial score (nSPS) is 11.0. The van der Waals surface area contributed by atoms with Crippen LogP contribution >= 0.6 is 0 Å². The minimum Gasteiger partial charge on any atom is -0.423 e. The molecule has 0 aromatic heterocycles. The number of ether oxygens (including phenoxy) is 3. The van der Waals surface area contributed by atoms with Gasteiger partial charge in [-0.2, -0.15) is 0 Å². The van der Waals surface area contributed by atoms with E-state index in [0.29, 0.717) is 16.9 Å². The third-order valence-electron chi connectivity index (χ3n) is 4.92. The minimum absolute atomic E-state index is 0.0203. The van der Waals surface area contributed by atoms with E-state index in [0.717, 1.165) is 29.4 Å². The Balaban J connectivity index is 1.86. The monoisotopic (exact) mass is 486 g/mol. The highest BCUT2D eigenvalue weighted by Crippen LogP contribution is 2.35. The molecule has 3 aromatic rings. The lowest BCUT2D eigenvalue weighted by Gasteiger charge is -2.17. The average molecular weight is 486 g/mol. The van der Waals surface area contributed by atoms with E-state index >= 15 is 0 Å². The Hall–Kier alpha value is -4.79. The minimum atomic E-state index is -0.940. The zero-order valence-corrected chi connectivity index (χ0v) is 19.1. The number of hydrogen-bond acceptors (Lipinski definition) is 8. The quantitative estimate of drug-likeness (QED) is 0.137. The zero-order chi connectivity index (χ0) is 26.1. The van der Waals surface area contributed by atoms with Crippen molar-refractivity contribution >= 4 is 17.9 Å². The molecule has 1 N–H and O–H groups in total. The van der Waals surface area contributed by atoms with Gasteiger partial charge in [0.2, 0.25) is 0 Å². The number of rotatable bonds is 10. The summed E-state index contributed by atoms with van der Waals surface area (Å²) in [6.45, 7) is 10.0. The molecule has 182 valence electrons. The number of carbonyl (C=O) groups is 3. The van der Waals surface area contributed by atoms with Gasteiger partial charge in [0, 0.05) is 18.2 Å². The lowest BCUT2D eigenvalue weighted by Crippen LogP contribution is -2.10. The molecule has 0 bridgehead atoms. The van der Waals surface area contributed by atoms with E-state index in [4.69, 9.17) is 19.1 Å². The van der Waals surface area contributed by atoms with Gasteiger partial charge in [-0.15, -0.1) is 0 Å². The van der Waals surface area contributed by atoms with Gasteiger partial charge in [0.25, 0.3) is 0 Å². The van der Waals surface area contributed by atoms with Crippen LogP contribution in [0.3, 0.4) is 0 Å². The molecule has 1 unspecified atom stereocenters. The second kappa shape index (κ2) is 12.1. The van der Waals surface area contributed by atoms with Gasteiger partial charge in [-0.1, -0.05) is 62.2 Å². The van der Waals surface area contributed by atoms with Crippen LogP contribution in [0.15, 0.2) is 105 Å². The molecule has 8 nitrogen and oxygen atoms in total. The summed E-state index contributed by atoms with van der Waals surface area (Å²) in [5, 5.41) is 9.64. The van der Waals surface area contributed by atoms with Gasteiger partial charge in [-0.05, 0) is 46.5 Å². The molecule has 0 saturated heterocycles. The molecular formula is C28H22O8. The van der Waals surface area contributed by atoms with Gasteiger partial charge < -0.3 is 14.2 Å². The maximum Gasteiger partial charge on any atom is 0.335 e. The van der Waals surface area contributed by atoms with E-state index < -0.39 is 24.0 Å². The van der Waals surface area contributed by atoms with Crippen LogP contribution < -0.4 is 14.2 Å². The third-order valence-corrected chi connectivity index (χ3v) is 4.92. The van der Waals surface area contributed by atoms with E-state index in [2.05, 4.69) is 19.7 Å². The van der Waals surface area contributed by atoms with E-state index in [9.17, 15) is 19.6 Å². The van der Waals surface area contributed by atoms with Gasteiger partial charge in [-0.3, -0.25) is 5.26 Å². The molecule has 3 rings (SSSR count). The second-order valence-corrected chi connectivity index (χ2v) is 7.21. The fourth-order valence-electron chi connectivity index (χ4n) is 3.19. The Morgan fingerprint density at radius 2 is 1.11 bits per heavy atom. The van der Waals surface area contributed by atoms with Crippen LogP contribution in [-0.4, -0.2) is 23.2 Å². The van der Waals surface area contributed by atoms with Crippen molar-refractivity contribution < 1.29 is 38.7 Å². The molecule has 3 aromatic carbocycles. The summed E-state index contributed by atoms with van der Waals surface area (Å²) in [6, 6.07) is 18.4. The highest BCUT2D eigenvalue weighted by atomic mass is 17.1. The topological polar surface area (TPSA) is 108 Å². The Morgan fingerprint density at radius 3 is 1.64 bits per heavy atom. The predicted octanol–water partition coefficient (Wildman–Crippen LogP) is 5.21. The van der Waals surface area contributed by atoms with Crippen molar-refractivity contribution in [3.63, 3.8) is 0 Å². The fourth-order valence-corrected chi connectivity index (χ4v) is 3.19. The SMILES string of the molecule is C=CC(=O)Oc1ccc(-c2ccc(C(OO)c3ccc(OC(=O)C=C)c(OC(=O)C=C)c3)cc2)cc1. The van der Waals surface area contributed by atoms with E-state index in [-0.39, 0.29) is 11.5 Å². The number of carbonyl (C=O) groups excluding carboxylic acids is 3. The highest BCUT2D eigenvalue weighted by molar-refractivity contribution is 5.86. The van der Waals surface area contributed by atoms with Crippen molar-refractivity contribution in [3.8, 4) is 28.4 Å². The highest BCUT2D eigenvalue weighted by Gasteiger charge is 2.20. The molecule has 36 heavy (non-hydrogen) atoms. The Labute approximate surface area is 207 Å². The van der Waals surface area contributed by atoms with Crippen LogP contribution in [0.1, 0.15) is 17.2 Å². The summed E-state index contributed by atoms with van der Waals surface area (Å²) >= 11 is 0. The molecule has 0 amide bonds. The zero-order valence-electron chi connectivity index (χ0n) is 19.1. The second-order valence-electron chi connectivity index (χ2n) is 7.21. The molecule has 0 aliphatic carbocycles. The van der Waals surface area contributed by atoms with Crippen molar-refractivity contribution in [1.82, 2.24) is 0 Å². The van der Waals surface area contributed by atoms with Gasteiger partial charge in [0.15, 0.2) is 11.5 Å². The molecule has 0 aliphatic heterocycles. The van der Waals surface area contributed by atoms with Crippen LogP contribution in [0.5, 0.6) is 17.2 Å². The van der Waals surface area contributed by atoms with E-state index in [1.54, 1.807) is 42.5 Å². The Kier molecular flexibility index (Phi) is 8.66. The maximum atomic E-state index is 11.8. The summed E-state index contributed by atoms with van der Waals surface area (Å²) in [4.78, 5) is 39.4. The molecule has 8 heteroatoms. The Morgan fingerprint density at radius 1 is 0.639 bits per heavy atom. The molecule has 0 radical (unpaired) electrons. The van der Waals surface area contributed by atoms with E-state index in [1.807, 2.05) is 12.1 Å². The molecule has 0 heterocycles. The molecule has 0 spiro atoms. The van der Waals surface area contributed by atoms with Crippen LogP contribution in [0.4, 0.5) is 0 Å². The first-order valence-corrected chi connectivity index (χ1v) is 10.6. The Bertz CT molecular complexity index is 1290. The third kappa shape index (κ3) is 6.41. The van der Waals surface area contributed by atoms with Crippen LogP contribution in [0.2, 0.25) is 0 Å². The number of benzene rings is 3. The maximum absolute atomic E-state index is 11.8. The number of esters is 3. The molecule has 0 aliphatic rings. The first-order chi connectivity index (χ1) is 17.4. The summed E-state index contributed by atoms with van der Waals surface area (Å²) in [5.41, 5.74) is 2.75. The molecule has 1 atom stereocenters. The molecule has 0 fully saturated rings. The lowest BCUT2D eigenvalue weighted by atomic mass is 9.98. The van der Waals surface area contributed by atoms with Gasteiger partial charge in [-0.25, -0.2) is 19.3 Å². The largest absolute Gasteiger partial charge is 0.423 e. The molecular weight excluding hydrogens is 464 g/mol. The number of hydrogen-bond donors (Lipinski definition) is 1. The van der Waals surface area contributed by atoms with Gasteiger partial charge in [0.1, 0.15) is 11.9 Å². The van der Waals surface area contributed by atoms with Crippen molar-refractivity contribution in [2.75, 3.05) is 0 Å². The predicted molar refractivity (Wildman–Crippen MR) is 131 cm³/mol. The van der Waals surface area contributed by atoms with Gasteiger partial charge >= 0.3 is 17.9 Å². The fraction of sp³-hybridized carbons (Fsp3) is 0.0357. The lowest BCUT2D eigenvalue weighted by molar-refractivity contribution is -0.270. The van der Waals surface area contributed by atoms with Crippen LogP contribution in [0, 0.1) is 0 Å². The van der Waals surface area contributed by atoms with Crippen LogP contribution in [0.25, 0.3) is 11.1 Å². The summed E-state index contributed by atoms with van der Waals surface area (Å²) in [5.74, 6) is -1.74. The summed E-state index contributed by atoms with van der Waals surface area (Å²) in [6.07, 6.45) is 2.07. The first-order valence-electron chi connectivity index (χ1n) is 10.6.